The highest BCUT2D eigenvalue weighted by Gasteiger charge is 2.25. The van der Waals surface area contributed by atoms with Crippen molar-refractivity contribution >= 4 is 17.8 Å². The molecule has 2 amide bonds. The van der Waals surface area contributed by atoms with Crippen molar-refractivity contribution in [1.82, 2.24) is 15.5 Å². The molecule has 1 saturated heterocycles. The van der Waals surface area contributed by atoms with Crippen LogP contribution in [0.1, 0.15) is 38.7 Å². The van der Waals surface area contributed by atoms with E-state index in [0.29, 0.717) is 44.9 Å². The number of rotatable bonds is 8. The lowest BCUT2D eigenvalue weighted by Gasteiger charge is -2.25. The van der Waals surface area contributed by atoms with Crippen molar-refractivity contribution in [3.8, 4) is 5.75 Å². The fourth-order valence-electron chi connectivity index (χ4n) is 2.84. The fourth-order valence-corrected chi connectivity index (χ4v) is 2.84. The summed E-state index contributed by atoms with van der Waals surface area (Å²) in [5.41, 5.74) is 1.09. The zero-order chi connectivity index (χ0) is 19.6. The number of ether oxygens (including phenoxy) is 1. The molecule has 1 aliphatic rings. The molecule has 1 aromatic carbocycles. The van der Waals surface area contributed by atoms with Crippen LogP contribution < -0.4 is 15.4 Å². The second kappa shape index (κ2) is 10.5. The number of hydrogen-bond donors (Lipinski definition) is 2. The van der Waals surface area contributed by atoms with Crippen molar-refractivity contribution in [1.29, 1.82) is 0 Å². The summed E-state index contributed by atoms with van der Waals surface area (Å²) in [5, 5.41) is 6.35. The van der Waals surface area contributed by atoms with Gasteiger partial charge in [-0.2, -0.15) is 0 Å². The molecule has 148 valence electrons. The topological polar surface area (TPSA) is 83.0 Å². The van der Waals surface area contributed by atoms with Gasteiger partial charge in [0, 0.05) is 32.5 Å². The second-order valence-corrected chi connectivity index (χ2v) is 6.63. The van der Waals surface area contributed by atoms with Crippen LogP contribution in [0.25, 0.3) is 0 Å². The van der Waals surface area contributed by atoms with Gasteiger partial charge >= 0.3 is 0 Å². The molecule has 1 aliphatic heterocycles. The minimum atomic E-state index is -0.0877. The Labute approximate surface area is 161 Å². The SMILES string of the molecule is CCNC(=NCC(C)Oc1ccccc1C)NCCN1C(=O)CCCC1=O. The highest BCUT2D eigenvalue weighted by atomic mass is 16.5. The van der Waals surface area contributed by atoms with Crippen LogP contribution in [0.5, 0.6) is 5.75 Å². The summed E-state index contributed by atoms with van der Waals surface area (Å²) in [6.07, 6.45) is 1.48. The third kappa shape index (κ3) is 6.58. The Morgan fingerprint density at radius 3 is 2.59 bits per heavy atom. The van der Waals surface area contributed by atoms with Crippen molar-refractivity contribution in [3.05, 3.63) is 29.8 Å². The minimum Gasteiger partial charge on any atom is -0.489 e. The number of nitrogens with one attached hydrogen (secondary N) is 2. The molecule has 7 heteroatoms. The smallest absolute Gasteiger partial charge is 0.229 e. The molecule has 27 heavy (non-hydrogen) atoms. The molecular weight excluding hydrogens is 344 g/mol. The van der Waals surface area contributed by atoms with Crippen molar-refractivity contribution in [2.45, 2.75) is 46.1 Å². The highest BCUT2D eigenvalue weighted by Crippen LogP contribution is 2.17. The van der Waals surface area contributed by atoms with E-state index in [9.17, 15) is 9.59 Å². The largest absolute Gasteiger partial charge is 0.489 e. The predicted octanol–water partition coefficient (Wildman–Crippen LogP) is 1.86. The van der Waals surface area contributed by atoms with Crippen LogP contribution in [0.3, 0.4) is 0 Å². The number of carbonyl (C=O) groups excluding carboxylic acids is 2. The Balaban J connectivity index is 1.83. The summed E-state index contributed by atoms with van der Waals surface area (Å²) >= 11 is 0. The van der Waals surface area contributed by atoms with Gasteiger partial charge in [0.1, 0.15) is 11.9 Å². The van der Waals surface area contributed by atoms with E-state index in [2.05, 4.69) is 15.6 Å². The van der Waals surface area contributed by atoms with Crippen molar-refractivity contribution in [3.63, 3.8) is 0 Å². The lowest BCUT2D eigenvalue weighted by molar-refractivity contribution is -0.147. The second-order valence-electron chi connectivity index (χ2n) is 6.63. The van der Waals surface area contributed by atoms with Gasteiger partial charge in [-0.05, 0) is 38.8 Å². The highest BCUT2D eigenvalue weighted by molar-refractivity contribution is 5.97. The normalized spacial score (nSPS) is 16.3. The van der Waals surface area contributed by atoms with E-state index in [1.807, 2.05) is 45.0 Å². The predicted molar refractivity (Wildman–Crippen MR) is 106 cm³/mol. The Kier molecular flexibility index (Phi) is 8.10. The van der Waals surface area contributed by atoms with Gasteiger partial charge in [-0.15, -0.1) is 0 Å². The summed E-state index contributed by atoms with van der Waals surface area (Å²) in [5.74, 6) is 1.33. The van der Waals surface area contributed by atoms with Crippen LogP contribution >= 0.6 is 0 Å². The zero-order valence-electron chi connectivity index (χ0n) is 16.5. The average molecular weight is 374 g/mol. The number of benzene rings is 1. The summed E-state index contributed by atoms with van der Waals surface area (Å²) in [6, 6.07) is 7.90. The minimum absolute atomic E-state index is 0.0770. The number of imide groups is 1. The first-order valence-corrected chi connectivity index (χ1v) is 9.59. The molecule has 7 nitrogen and oxygen atoms in total. The van der Waals surface area contributed by atoms with Crippen LogP contribution in [0.4, 0.5) is 0 Å². The zero-order valence-corrected chi connectivity index (χ0v) is 16.5. The summed E-state index contributed by atoms with van der Waals surface area (Å²) in [7, 11) is 0. The molecule has 0 aromatic heterocycles. The van der Waals surface area contributed by atoms with Crippen LogP contribution in [0.2, 0.25) is 0 Å². The number of likely N-dealkylation sites (tertiary alicyclic amines) is 1. The van der Waals surface area contributed by atoms with Gasteiger partial charge in [0.05, 0.1) is 6.54 Å². The van der Waals surface area contributed by atoms with Crippen molar-refractivity contribution in [2.75, 3.05) is 26.2 Å². The van der Waals surface area contributed by atoms with Gasteiger partial charge in [0.2, 0.25) is 11.8 Å². The van der Waals surface area contributed by atoms with Crippen LogP contribution in [0, 0.1) is 6.92 Å². The Hall–Kier alpha value is -2.57. The van der Waals surface area contributed by atoms with Gasteiger partial charge in [0.15, 0.2) is 5.96 Å². The Bertz CT molecular complexity index is 659. The molecule has 0 spiro atoms. The van der Waals surface area contributed by atoms with E-state index < -0.39 is 0 Å². The number of hydrogen-bond acceptors (Lipinski definition) is 4. The molecule has 1 aromatic rings. The summed E-state index contributed by atoms with van der Waals surface area (Å²) in [6.45, 7) is 8.02. The number of guanidine groups is 1. The maximum Gasteiger partial charge on any atom is 0.229 e. The lowest BCUT2D eigenvalue weighted by atomic mass is 10.1. The Morgan fingerprint density at radius 1 is 1.22 bits per heavy atom. The van der Waals surface area contributed by atoms with E-state index in [0.717, 1.165) is 17.9 Å². The molecule has 0 saturated carbocycles. The lowest BCUT2D eigenvalue weighted by Crippen LogP contribution is -2.46. The number of aliphatic imine (C=N–C) groups is 1. The van der Waals surface area contributed by atoms with Gasteiger partial charge in [-0.1, -0.05) is 18.2 Å². The summed E-state index contributed by atoms with van der Waals surface area (Å²) < 4.78 is 5.94. The maximum absolute atomic E-state index is 11.8. The number of aryl methyl sites for hydroxylation is 1. The maximum atomic E-state index is 11.8. The molecule has 1 fully saturated rings. The molecule has 0 radical (unpaired) electrons. The number of amides is 2. The molecule has 2 N–H and O–H groups in total. The van der Waals surface area contributed by atoms with Crippen molar-refractivity contribution < 1.29 is 14.3 Å². The molecule has 1 heterocycles. The van der Waals surface area contributed by atoms with E-state index in [-0.39, 0.29) is 17.9 Å². The fraction of sp³-hybridized carbons (Fsp3) is 0.550. The first-order chi connectivity index (χ1) is 13.0. The molecule has 1 atom stereocenters. The van der Waals surface area contributed by atoms with Crippen molar-refractivity contribution in [2.24, 2.45) is 4.99 Å². The van der Waals surface area contributed by atoms with Gasteiger partial charge < -0.3 is 15.4 Å². The van der Waals surface area contributed by atoms with E-state index in [1.165, 1.54) is 4.90 Å². The van der Waals surface area contributed by atoms with Gasteiger partial charge in [-0.25, -0.2) is 4.99 Å². The van der Waals surface area contributed by atoms with Gasteiger partial charge in [-0.3, -0.25) is 14.5 Å². The number of carbonyl (C=O) groups is 2. The van der Waals surface area contributed by atoms with Crippen LogP contribution in [0.15, 0.2) is 29.3 Å². The van der Waals surface area contributed by atoms with Gasteiger partial charge in [0.25, 0.3) is 0 Å². The molecule has 1 unspecified atom stereocenters. The first kappa shape index (κ1) is 20.7. The van der Waals surface area contributed by atoms with Crippen LogP contribution in [-0.4, -0.2) is 55.0 Å². The molecule has 2 rings (SSSR count). The number of para-hydroxylation sites is 1. The quantitative estimate of drug-likeness (QED) is 0.412. The third-order valence-corrected chi connectivity index (χ3v) is 4.28. The summed E-state index contributed by atoms with van der Waals surface area (Å²) in [4.78, 5) is 29.6. The van der Waals surface area contributed by atoms with E-state index in [4.69, 9.17) is 4.74 Å². The first-order valence-electron chi connectivity index (χ1n) is 9.59. The molecule has 0 bridgehead atoms. The molecule has 0 aliphatic carbocycles. The average Bonchev–Trinajstić information content (AvgIpc) is 2.64. The van der Waals surface area contributed by atoms with E-state index in [1.54, 1.807) is 0 Å². The number of piperidine rings is 1. The standard InChI is InChI=1S/C20H30N4O3/c1-4-21-20(22-12-13-24-18(25)10-7-11-19(24)26)23-14-16(3)27-17-9-6-5-8-15(17)2/h5-6,8-9,16H,4,7,10-14H2,1-3H3,(H2,21,22,23). The van der Waals surface area contributed by atoms with Crippen LogP contribution in [-0.2, 0) is 9.59 Å². The Morgan fingerprint density at radius 2 is 1.93 bits per heavy atom. The number of nitrogens with zero attached hydrogens (tertiary/aromatic N) is 2. The third-order valence-electron chi connectivity index (χ3n) is 4.28. The molecular formula is C20H30N4O3. The monoisotopic (exact) mass is 374 g/mol. The van der Waals surface area contributed by atoms with E-state index >= 15 is 0 Å².